The monoisotopic (exact) mass is 281 g/mol. The summed E-state index contributed by atoms with van der Waals surface area (Å²) in [4.78, 5) is 2.40. The van der Waals surface area contributed by atoms with Crippen LogP contribution in [0.15, 0.2) is 22.8 Å². The van der Waals surface area contributed by atoms with E-state index in [2.05, 4.69) is 11.8 Å². The molecule has 4 heteroatoms. The van der Waals surface area contributed by atoms with E-state index in [-0.39, 0.29) is 0 Å². The van der Waals surface area contributed by atoms with E-state index >= 15 is 0 Å². The van der Waals surface area contributed by atoms with Gasteiger partial charge in [0.2, 0.25) is 0 Å². The molecule has 1 atom stereocenters. The van der Waals surface area contributed by atoms with E-state index in [1.54, 1.807) is 6.26 Å². The van der Waals surface area contributed by atoms with Gasteiger partial charge in [0, 0.05) is 12.6 Å². The third kappa shape index (κ3) is 4.93. The van der Waals surface area contributed by atoms with Gasteiger partial charge in [-0.15, -0.1) is 0 Å². The molecule has 1 heterocycles. The lowest BCUT2D eigenvalue weighted by Gasteiger charge is -2.34. The van der Waals surface area contributed by atoms with Gasteiger partial charge in [0.1, 0.15) is 12.4 Å². The highest BCUT2D eigenvalue weighted by Crippen LogP contribution is 2.22. The predicted octanol–water partition coefficient (Wildman–Crippen LogP) is 2.81. The number of hydrogen-bond acceptors (Lipinski definition) is 4. The summed E-state index contributed by atoms with van der Waals surface area (Å²) in [6.45, 7) is 4.67. The first kappa shape index (κ1) is 15.5. The molecular weight excluding hydrogens is 254 g/mol. The molecule has 0 bridgehead atoms. The highest BCUT2D eigenvalue weighted by molar-refractivity contribution is 4.96. The summed E-state index contributed by atoms with van der Waals surface area (Å²) in [5.74, 6) is 0.803. The van der Waals surface area contributed by atoms with Crippen molar-refractivity contribution < 1.29 is 14.3 Å². The summed E-state index contributed by atoms with van der Waals surface area (Å²) in [6, 6.07) is 4.37. The average molecular weight is 281 g/mol. The zero-order valence-electron chi connectivity index (χ0n) is 12.5. The van der Waals surface area contributed by atoms with Crippen LogP contribution in [0.5, 0.6) is 0 Å². The number of likely N-dealkylation sites (N-methyl/N-ethyl adjacent to an activating group) is 1. The minimum atomic E-state index is -0.424. The molecule has 0 amide bonds. The van der Waals surface area contributed by atoms with Crippen molar-refractivity contribution in [1.29, 1.82) is 0 Å². The van der Waals surface area contributed by atoms with Gasteiger partial charge in [-0.3, -0.25) is 4.90 Å². The summed E-state index contributed by atoms with van der Waals surface area (Å²) in [5, 5.41) is 10.1. The molecule has 0 aliphatic heterocycles. The Morgan fingerprint density at radius 1 is 1.40 bits per heavy atom. The Balaban J connectivity index is 1.67. The van der Waals surface area contributed by atoms with E-state index < -0.39 is 6.10 Å². The number of ether oxygens (including phenoxy) is 1. The van der Waals surface area contributed by atoms with Crippen molar-refractivity contribution in [2.45, 2.75) is 57.8 Å². The van der Waals surface area contributed by atoms with Crippen molar-refractivity contribution >= 4 is 0 Å². The first-order chi connectivity index (χ1) is 9.79. The van der Waals surface area contributed by atoms with Gasteiger partial charge in [-0.25, -0.2) is 0 Å². The van der Waals surface area contributed by atoms with Gasteiger partial charge < -0.3 is 14.3 Å². The Kier molecular flexibility index (Phi) is 6.57. The summed E-state index contributed by atoms with van der Waals surface area (Å²) < 4.78 is 10.7. The second kappa shape index (κ2) is 8.45. The van der Waals surface area contributed by atoms with Crippen LogP contribution in [-0.4, -0.2) is 41.8 Å². The summed E-state index contributed by atoms with van der Waals surface area (Å²) in [7, 11) is 0. The average Bonchev–Trinajstić information content (AvgIpc) is 2.99. The maximum atomic E-state index is 10.1. The molecule has 0 spiro atoms. The van der Waals surface area contributed by atoms with Crippen molar-refractivity contribution in [3.05, 3.63) is 24.2 Å². The fourth-order valence-electron chi connectivity index (χ4n) is 3.00. The van der Waals surface area contributed by atoms with Gasteiger partial charge in [0.05, 0.1) is 19.0 Å². The highest BCUT2D eigenvalue weighted by atomic mass is 16.5. The van der Waals surface area contributed by atoms with Crippen molar-refractivity contribution in [3.8, 4) is 0 Å². The lowest BCUT2D eigenvalue weighted by molar-refractivity contribution is -0.00396. The minimum Gasteiger partial charge on any atom is -0.467 e. The Bertz CT molecular complexity index is 347. The topological polar surface area (TPSA) is 45.8 Å². The number of aliphatic hydroxyl groups excluding tert-OH is 1. The van der Waals surface area contributed by atoms with Gasteiger partial charge >= 0.3 is 0 Å². The molecule has 1 aromatic rings. The standard InChI is InChI=1S/C16H27NO3/c1-2-17(14-7-4-3-5-8-14)11-15(18)12-19-13-16-9-6-10-20-16/h6,9-10,14-15,18H,2-5,7-8,11-13H2,1H3. The van der Waals surface area contributed by atoms with Crippen LogP contribution in [0, 0.1) is 0 Å². The van der Waals surface area contributed by atoms with E-state index in [9.17, 15) is 5.11 Å². The molecular formula is C16H27NO3. The Morgan fingerprint density at radius 3 is 2.85 bits per heavy atom. The molecule has 1 saturated carbocycles. The van der Waals surface area contributed by atoms with Crippen LogP contribution in [0.25, 0.3) is 0 Å². The molecule has 0 radical (unpaired) electrons. The highest BCUT2D eigenvalue weighted by Gasteiger charge is 2.21. The van der Waals surface area contributed by atoms with Gasteiger partial charge in [-0.05, 0) is 31.5 Å². The van der Waals surface area contributed by atoms with Crippen LogP contribution < -0.4 is 0 Å². The van der Waals surface area contributed by atoms with Crippen molar-refractivity contribution in [2.24, 2.45) is 0 Å². The van der Waals surface area contributed by atoms with E-state index in [1.807, 2.05) is 12.1 Å². The molecule has 20 heavy (non-hydrogen) atoms. The summed E-state index contributed by atoms with van der Waals surface area (Å²) >= 11 is 0. The number of hydrogen-bond donors (Lipinski definition) is 1. The Labute approximate surface area is 121 Å². The molecule has 2 rings (SSSR count). The normalized spacial score (nSPS) is 18.6. The zero-order chi connectivity index (χ0) is 14.2. The van der Waals surface area contributed by atoms with Crippen molar-refractivity contribution in [3.63, 3.8) is 0 Å². The van der Waals surface area contributed by atoms with Gasteiger partial charge in [0.25, 0.3) is 0 Å². The fourth-order valence-corrected chi connectivity index (χ4v) is 3.00. The molecule has 0 aromatic carbocycles. The first-order valence-electron chi connectivity index (χ1n) is 7.82. The predicted molar refractivity (Wildman–Crippen MR) is 78.5 cm³/mol. The molecule has 1 aliphatic rings. The molecule has 1 N–H and O–H groups in total. The van der Waals surface area contributed by atoms with Crippen LogP contribution in [0.2, 0.25) is 0 Å². The number of furan rings is 1. The van der Waals surface area contributed by atoms with Crippen LogP contribution in [0.1, 0.15) is 44.8 Å². The summed E-state index contributed by atoms with van der Waals surface area (Å²) in [6.07, 6.45) is 7.77. The summed E-state index contributed by atoms with van der Waals surface area (Å²) in [5.41, 5.74) is 0. The molecule has 114 valence electrons. The number of nitrogens with zero attached hydrogens (tertiary/aromatic N) is 1. The van der Waals surface area contributed by atoms with E-state index in [0.717, 1.165) is 12.3 Å². The van der Waals surface area contributed by atoms with E-state index in [4.69, 9.17) is 9.15 Å². The Morgan fingerprint density at radius 2 is 2.20 bits per heavy atom. The fraction of sp³-hybridized carbons (Fsp3) is 0.750. The lowest BCUT2D eigenvalue weighted by atomic mass is 9.94. The largest absolute Gasteiger partial charge is 0.467 e. The number of rotatable bonds is 8. The van der Waals surface area contributed by atoms with Gasteiger partial charge in [0.15, 0.2) is 0 Å². The quantitative estimate of drug-likeness (QED) is 0.796. The van der Waals surface area contributed by atoms with Gasteiger partial charge in [-0.2, -0.15) is 0 Å². The maximum absolute atomic E-state index is 10.1. The molecule has 1 unspecified atom stereocenters. The SMILES string of the molecule is CCN(CC(O)COCc1ccco1)C1CCCCC1. The minimum absolute atomic E-state index is 0.365. The number of aliphatic hydroxyl groups is 1. The maximum Gasteiger partial charge on any atom is 0.129 e. The smallest absolute Gasteiger partial charge is 0.129 e. The Hall–Kier alpha value is -0.840. The van der Waals surface area contributed by atoms with Crippen LogP contribution in [0.4, 0.5) is 0 Å². The lowest BCUT2D eigenvalue weighted by Crippen LogP contribution is -2.42. The van der Waals surface area contributed by atoms with Crippen LogP contribution in [-0.2, 0) is 11.3 Å². The van der Waals surface area contributed by atoms with Crippen molar-refractivity contribution in [2.75, 3.05) is 19.7 Å². The first-order valence-corrected chi connectivity index (χ1v) is 7.82. The van der Waals surface area contributed by atoms with E-state index in [0.29, 0.717) is 25.8 Å². The molecule has 1 aromatic heterocycles. The van der Waals surface area contributed by atoms with Gasteiger partial charge in [-0.1, -0.05) is 26.2 Å². The molecule has 0 saturated heterocycles. The third-order valence-electron chi connectivity index (χ3n) is 4.08. The molecule has 1 aliphatic carbocycles. The zero-order valence-corrected chi connectivity index (χ0v) is 12.5. The third-order valence-corrected chi connectivity index (χ3v) is 4.08. The van der Waals surface area contributed by atoms with Crippen LogP contribution in [0.3, 0.4) is 0 Å². The van der Waals surface area contributed by atoms with E-state index in [1.165, 1.54) is 32.1 Å². The molecule has 4 nitrogen and oxygen atoms in total. The van der Waals surface area contributed by atoms with Crippen LogP contribution >= 0.6 is 0 Å². The van der Waals surface area contributed by atoms with Crippen molar-refractivity contribution in [1.82, 2.24) is 4.90 Å². The molecule has 1 fully saturated rings. The second-order valence-electron chi connectivity index (χ2n) is 5.63. The second-order valence-corrected chi connectivity index (χ2v) is 5.63.